The topological polar surface area (TPSA) is 52.2 Å². The molecule has 3 rings (SSSR count). The van der Waals surface area contributed by atoms with Gasteiger partial charge in [-0.3, -0.25) is 4.79 Å². The lowest BCUT2D eigenvalue weighted by Crippen LogP contribution is -2.22. The monoisotopic (exact) mass is 422 g/mol. The fraction of sp³-hybridized carbons (Fsp3) is 0.538. The number of hydrogen-bond donors (Lipinski definition) is 1. The van der Waals surface area contributed by atoms with Gasteiger partial charge in [0.1, 0.15) is 0 Å². The average Bonchev–Trinajstić information content (AvgIpc) is 3.26. The highest BCUT2D eigenvalue weighted by Crippen LogP contribution is 2.20. The fourth-order valence-corrected chi connectivity index (χ4v) is 4.18. The molecule has 0 saturated heterocycles. The van der Waals surface area contributed by atoms with Gasteiger partial charge in [0.25, 0.3) is 0 Å². The van der Waals surface area contributed by atoms with E-state index in [-0.39, 0.29) is 0 Å². The molecular formula is C26H38N4O. The Kier molecular flexibility index (Phi) is 9.68. The predicted molar refractivity (Wildman–Crippen MR) is 129 cm³/mol. The molecule has 1 amide bonds. The molecule has 0 unspecified atom stereocenters. The van der Waals surface area contributed by atoms with Gasteiger partial charge in [-0.2, -0.15) is 0 Å². The van der Waals surface area contributed by atoms with Crippen molar-refractivity contribution in [3.8, 4) is 0 Å². The zero-order chi connectivity index (χ0) is 21.7. The highest BCUT2D eigenvalue weighted by atomic mass is 16.1. The number of unbranched alkanes of at least 4 members (excludes halogenated alkanes) is 9. The largest absolute Gasteiger partial charge is 0.367 e. The second-order valence-corrected chi connectivity index (χ2v) is 8.63. The molecule has 0 saturated carbocycles. The van der Waals surface area contributed by atoms with Gasteiger partial charge in [-0.05, 0) is 30.2 Å². The van der Waals surface area contributed by atoms with Crippen molar-refractivity contribution >= 4 is 18.2 Å². The van der Waals surface area contributed by atoms with Crippen molar-refractivity contribution in [2.24, 2.45) is 0 Å². The molecule has 31 heavy (non-hydrogen) atoms. The summed E-state index contributed by atoms with van der Waals surface area (Å²) in [6.45, 7) is 4.72. The van der Waals surface area contributed by atoms with E-state index in [0.29, 0.717) is 0 Å². The second kappa shape index (κ2) is 13.0. The smallest absolute Gasteiger partial charge is 0.214 e. The molecular weight excluding hydrogens is 384 g/mol. The lowest BCUT2D eigenvalue weighted by Gasteiger charge is -2.23. The number of nitrogens with zero attached hydrogens (tertiary/aromatic N) is 3. The number of aromatic nitrogens is 2. The van der Waals surface area contributed by atoms with E-state index in [1.54, 1.807) is 6.33 Å². The lowest BCUT2D eigenvalue weighted by atomic mass is 10.1. The minimum absolute atomic E-state index is 0.802. The molecule has 0 atom stereocenters. The third kappa shape index (κ3) is 7.57. The van der Waals surface area contributed by atoms with Crippen LogP contribution in [0.15, 0.2) is 36.8 Å². The van der Waals surface area contributed by atoms with E-state index < -0.39 is 0 Å². The number of rotatable bonds is 15. The average molecular weight is 423 g/mol. The molecule has 0 spiro atoms. The summed E-state index contributed by atoms with van der Waals surface area (Å²) >= 11 is 0. The van der Waals surface area contributed by atoms with Crippen LogP contribution < -0.4 is 4.90 Å². The second-order valence-electron chi connectivity index (χ2n) is 8.63. The lowest BCUT2D eigenvalue weighted by molar-refractivity contribution is -0.107. The van der Waals surface area contributed by atoms with Gasteiger partial charge in [0.05, 0.1) is 24.3 Å². The Morgan fingerprint density at radius 1 is 1.00 bits per heavy atom. The van der Waals surface area contributed by atoms with Crippen molar-refractivity contribution < 1.29 is 4.79 Å². The van der Waals surface area contributed by atoms with Crippen LogP contribution >= 0.6 is 0 Å². The van der Waals surface area contributed by atoms with Gasteiger partial charge in [0.15, 0.2) is 0 Å². The molecule has 1 aliphatic heterocycles. The molecule has 2 heterocycles. The highest BCUT2D eigenvalue weighted by molar-refractivity contribution is 5.74. The predicted octanol–water partition coefficient (Wildman–Crippen LogP) is 6.28. The number of aromatic amines is 1. The standard InChI is InChI=1S/C26H38N4O/c1-2-3-4-5-6-7-8-9-10-11-17-30(22-31)24-14-12-23(13-15-24)19-29-18-16-25-26(20-29)28-21-27-25/h12-16,18,21-22H,2-11,17,19-20H2,1H3,(H,27,28). The zero-order valence-electron chi connectivity index (χ0n) is 19.1. The van der Waals surface area contributed by atoms with E-state index in [1.807, 2.05) is 4.90 Å². The maximum atomic E-state index is 11.6. The van der Waals surface area contributed by atoms with Gasteiger partial charge < -0.3 is 14.8 Å². The first kappa shape index (κ1) is 23.1. The van der Waals surface area contributed by atoms with E-state index in [2.05, 4.69) is 58.3 Å². The van der Waals surface area contributed by atoms with Crippen LogP contribution in [-0.2, 0) is 17.9 Å². The van der Waals surface area contributed by atoms with Crippen molar-refractivity contribution in [3.05, 3.63) is 53.7 Å². The van der Waals surface area contributed by atoms with Crippen LogP contribution in [0.1, 0.15) is 88.1 Å². The minimum atomic E-state index is 0.802. The number of benzene rings is 1. The van der Waals surface area contributed by atoms with Crippen molar-refractivity contribution in [2.45, 2.75) is 84.2 Å². The number of amides is 1. The number of imidazole rings is 1. The Morgan fingerprint density at radius 3 is 2.35 bits per heavy atom. The van der Waals surface area contributed by atoms with Gasteiger partial charge in [-0.15, -0.1) is 0 Å². The Morgan fingerprint density at radius 2 is 1.68 bits per heavy atom. The van der Waals surface area contributed by atoms with Gasteiger partial charge in [0, 0.05) is 25.0 Å². The SMILES string of the molecule is CCCCCCCCCCCCN(C=O)c1ccc(CN2C=Cc3[nH]cnc3C2)cc1. The molecule has 1 aromatic heterocycles. The Bertz CT molecular complexity index is 796. The minimum Gasteiger partial charge on any atom is -0.367 e. The number of H-pyrrole nitrogens is 1. The highest BCUT2D eigenvalue weighted by Gasteiger charge is 2.13. The van der Waals surface area contributed by atoms with Crippen LogP contribution in [0.4, 0.5) is 5.69 Å². The number of fused-ring (bicyclic) bond motifs is 1. The summed E-state index contributed by atoms with van der Waals surface area (Å²) in [6.07, 6.45) is 20.0. The van der Waals surface area contributed by atoms with Gasteiger partial charge in [-0.1, -0.05) is 76.8 Å². The van der Waals surface area contributed by atoms with Crippen LogP contribution in [0, 0.1) is 0 Å². The first-order valence-corrected chi connectivity index (χ1v) is 12.1. The van der Waals surface area contributed by atoms with E-state index >= 15 is 0 Å². The van der Waals surface area contributed by atoms with Crippen molar-refractivity contribution in [1.29, 1.82) is 0 Å². The summed E-state index contributed by atoms with van der Waals surface area (Å²) in [5.74, 6) is 0. The summed E-state index contributed by atoms with van der Waals surface area (Å²) in [7, 11) is 0. The van der Waals surface area contributed by atoms with Crippen LogP contribution in [-0.4, -0.2) is 27.8 Å². The zero-order valence-corrected chi connectivity index (χ0v) is 19.1. The first-order chi connectivity index (χ1) is 15.3. The molecule has 1 aromatic carbocycles. The maximum Gasteiger partial charge on any atom is 0.214 e. The van der Waals surface area contributed by atoms with Crippen molar-refractivity contribution in [1.82, 2.24) is 14.9 Å². The van der Waals surface area contributed by atoms with Crippen molar-refractivity contribution in [2.75, 3.05) is 11.4 Å². The Labute approximate surface area is 187 Å². The van der Waals surface area contributed by atoms with Crippen LogP contribution in [0.25, 0.3) is 6.08 Å². The molecule has 1 N–H and O–H groups in total. The number of anilines is 1. The maximum absolute atomic E-state index is 11.6. The summed E-state index contributed by atoms with van der Waals surface area (Å²) in [4.78, 5) is 23.2. The molecule has 0 bridgehead atoms. The summed E-state index contributed by atoms with van der Waals surface area (Å²) < 4.78 is 0. The van der Waals surface area contributed by atoms with E-state index in [4.69, 9.17) is 0 Å². The summed E-state index contributed by atoms with van der Waals surface area (Å²) in [6, 6.07) is 8.37. The van der Waals surface area contributed by atoms with Crippen molar-refractivity contribution in [3.63, 3.8) is 0 Å². The number of carbonyl (C=O) groups is 1. The third-order valence-electron chi connectivity index (χ3n) is 6.09. The summed E-state index contributed by atoms with van der Waals surface area (Å²) in [5.41, 5.74) is 4.40. The molecule has 5 heteroatoms. The molecule has 2 aromatic rings. The quantitative estimate of drug-likeness (QED) is 0.271. The number of hydrogen-bond acceptors (Lipinski definition) is 3. The molecule has 5 nitrogen and oxygen atoms in total. The molecule has 0 aliphatic carbocycles. The Hall–Kier alpha value is -2.56. The first-order valence-electron chi connectivity index (χ1n) is 12.1. The summed E-state index contributed by atoms with van der Waals surface area (Å²) in [5, 5.41) is 0. The van der Waals surface area contributed by atoms with E-state index in [0.717, 1.165) is 49.5 Å². The van der Waals surface area contributed by atoms with Gasteiger partial charge in [0.2, 0.25) is 6.41 Å². The van der Waals surface area contributed by atoms with E-state index in [9.17, 15) is 4.79 Å². The fourth-order valence-electron chi connectivity index (χ4n) is 4.18. The Balaban J connectivity index is 1.34. The van der Waals surface area contributed by atoms with E-state index in [1.165, 1.54) is 63.4 Å². The molecule has 168 valence electrons. The van der Waals surface area contributed by atoms with Crippen LogP contribution in [0.5, 0.6) is 0 Å². The van der Waals surface area contributed by atoms with Gasteiger partial charge >= 0.3 is 0 Å². The molecule has 0 radical (unpaired) electrons. The normalized spacial score (nSPS) is 12.7. The molecule has 1 aliphatic rings. The molecule has 0 fully saturated rings. The van der Waals surface area contributed by atoms with Gasteiger partial charge in [-0.25, -0.2) is 4.98 Å². The number of nitrogens with one attached hydrogen (secondary N) is 1. The van der Waals surface area contributed by atoms with Crippen LogP contribution in [0.2, 0.25) is 0 Å². The van der Waals surface area contributed by atoms with Crippen LogP contribution in [0.3, 0.4) is 0 Å². The third-order valence-corrected chi connectivity index (χ3v) is 6.09. The number of carbonyl (C=O) groups excluding carboxylic acids is 1.